The Morgan fingerprint density at radius 2 is 1.69 bits per heavy atom. The summed E-state index contributed by atoms with van der Waals surface area (Å²) >= 11 is 0. The molecule has 0 fully saturated rings. The molecule has 0 spiro atoms. The van der Waals surface area contributed by atoms with Crippen molar-refractivity contribution in [2.24, 2.45) is 0 Å². The standard InChI is InChI=1S/C22H21N3O/c23-15-19-5-7-20(8-6-19)17-26-22-4-2-1-3-21(22)16-25-14-11-18-9-12-24-13-10-18/h1-10,12-13,25H,11,14,16-17H2. The van der Waals surface area contributed by atoms with Crippen LogP contribution >= 0.6 is 0 Å². The predicted octanol–water partition coefficient (Wildman–Crippen LogP) is 3.86. The van der Waals surface area contributed by atoms with E-state index in [2.05, 4.69) is 22.4 Å². The van der Waals surface area contributed by atoms with Gasteiger partial charge in [0.15, 0.2) is 0 Å². The Balaban J connectivity index is 1.51. The zero-order valence-corrected chi connectivity index (χ0v) is 14.6. The normalized spacial score (nSPS) is 10.3. The van der Waals surface area contributed by atoms with Crippen LogP contribution in [0.25, 0.3) is 0 Å². The number of nitrogens with one attached hydrogen (secondary N) is 1. The van der Waals surface area contributed by atoms with Gasteiger partial charge >= 0.3 is 0 Å². The van der Waals surface area contributed by atoms with Crippen molar-refractivity contribution in [3.8, 4) is 11.8 Å². The van der Waals surface area contributed by atoms with E-state index < -0.39 is 0 Å². The predicted molar refractivity (Wildman–Crippen MR) is 102 cm³/mol. The number of hydrogen-bond donors (Lipinski definition) is 1. The molecule has 130 valence electrons. The number of aromatic nitrogens is 1. The number of hydrogen-bond acceptors (Lipinski definition) is 4. The molecular formula is C22H21N3O. The van der Waals surface area contributed by atoms with Crippen LogP contribution in [0, 0.1) is 11.3 Å². The number of ether oxygens (including phenoxy) is 1. The van der Waals surface area contributed by atoms with Gasteiger partial charge in [0.05, 0.1) is 11.6 Å². The van der Waals surface area contributed by atoms with E-state index in [0.29, 0.717) is 12.2 Å². The molecule has 1 aromatic heterocycles. The van der Waals surface area contributed by atoms with E-state index in [-0.39, 0.29) is 0 Å². The molecule has 3 aromatic rings. The summed E-state index contributed by atoms with van der Waals surface area (Å²) in [6.07, 6.45) is 4.61. The van der Waals surface area contributed by atoms with Crippen molar-refractivity contribution in [1.82, 2.24) is 10.3 Å². The van der Waals surface area contributed by atoms with Crippen LogP contribution in [0.5, 0.6) is 5.75 Å². The third-order valence-corrected chi connectivity index (χ3v) is 4.11. The van der Waals surface area contributed by atoms with Crippen molar-refractivity contribution in [3.63, 3.8) is 0 Å². The van der Waals surface area contributed by atoms with E-state index in [1.807, 2.05) is 67.0 Å². The molecule has 0 radical (unpaired) electrons. The van der Waals surface area contributed by atoms with Gasteiger partial charge in [0.1, 0.15) is 12.4 Å². The van der Waals surface area contributed by atoms with Gasteiger partial charge in [0.25, 0.3) is 0 Å². The zero-order valence-electron chi connectivity index (χ0n) is 14.6. The minimum Gasteiger partial charge on any atom is -0.489 e. The smallest absolute Gasteiger partial charge is 0.124 e. The van der Waals surface area contributed by atoms with E-state index in [4.69, 9.17) is 10.00 Å². The van der Waals surface area contributed by atoms with Crippen molar-refractivity contribution in [2.45, 2.75) is 19.6 Å². The van der Waals surface area contributed by atoms with Crippen LogP contribution < -0.4 is 10.1 Å². The lowest BCUT2D eigenvalue weighted by Crippen LogP contribution is -2.17. The van der Waals surface area contributed by atoms with Crippen LogP contribution in [0.2, 0.25) is 0 Å². The largest absolute Gasteiger partial charge is 0.489 e. The van der Waals surface area contributed by atoms with Crippen LogP contribution in [0.15, 0.2) is 73.1 Å². The molecule has 4 heteroatoms. The molecule has 0 aliphatic carbocycles. The average Bonchev–Trinajstić information content (AvgIpc) is 2.71. The third kappa shape index (κ3) is 5.17. The highest BCUT2D eigenvalue weighted by molar-refractivity contribution is 5.34. The Bertz CT molecular complexity index is 855. The number of pyridine rings is 1. The average molecular weight is 343 g/mol. The number of rotatable bonds is 8. The van der Waals surface area contributed by atoms with Crippen LogP contribution in [-0.2, 0) is 19.6 Å². The molecule has 0 saturated carbocycles. The molecule has 26 heavy (non-hydrogen) atoms. The second kappa shape index (κ2) is 9.36. The van der Waals surface area contributed by atoms with Crippen LogP contribution in [0.4, 0.5) is 0 Å². The van der Waals surface area contributed by atoms with Gasteiger partial charge in [-0.05, 0) is 54.4 Å². The Morgan fingerprint density at radius 3 is 2.46 bits per heavy atom. The fourth-order valence-corrected chi connectivity index (χ4v) is 2.63. The van der Waals surface area contributed by atoms with Crippen molar-refractivity contribution >= 4 is 0 Å². The molecule has 4 nitrogen and oxygen atoms in total. The quantitative estimate of drug-likeness (QED) is 0.631. The maximum Gasteiger partial charge on any atom is 0.124 e. The van der Waals surface area contributed by atoms with Gasteiger partial charge in [-0.25, -0.2) is 0 Å². The third-order valence-electron chi connectivity index (χ3n) is 4.11. The Labute approximate surface area is 154 Å². The molecule has 0 amide bonds. The summed E-state index contributed by atoms with van der Waals surface area (Å²) in [5.41, 5.74) is 4.12. The summed E-state index contributed by atoms with van der Waals surface area (Å²) in [5.74, 6) is 0.883. The first kappa shape index (κ1) is 17.7. The highest BCUT2D eigenvalue weighted by Gasteiger charge is 2.04. The Kier molecular flexibility index (Phi) is 6.35. The molecule has 0 atom stereocenters. The lowest BCUT2D eigenvalue weighted by Gasteiger charge is -2.12. The van der Waals surface area contributed by atoms with Crippen molar-refractivity contribution < 1.29 is 4.74 Å². The summed E-state index contributed by atoms with van der Waals surface area (Å²) < 4.78 is 5.98. The van der Waals surface area contributed by atoms with Crippen LogP contribution in [-0.4, -0.2) is 11.5 Å². The SMILES string of the molecule is N#Cc1ccc(COc2ccccc2CNCCc2ccncc2)cc1. The summed E-state index contributed by atoms with van der Waals surface area (Å²) in [6, 6.07) is 21.7. The van der Waals surface area contributed by atoms with Crippen molar-refractivity contribution in [1.29, 1.82) is 5.26 Å². The molecule has 0 aliphatic heterocycles. The van der Waals surface area contributed by atoms with E-state index in [1.54, 1.807) is 0 Å². The minimum atomic E-state index is 0.486. The Morgan fingerprint density at radius 1 is 0.923 bits per heavy atom. The maximum absolute atomic E-state index is 8.86. The van der Waals surface area contributed by atoms with Gasteiger partial charge < -0.3 is 10.1 Å². The second-order valence-electron chi connectivity index (χ2n) is 5.99. The molecule has 0 bridgehead atoms. The van der Waals surface area contributed by atoms with E-state index >= 15 is 0 Å². The first-order valence-electron chi connectivity index (χ1n) is 8.64. The van der Waals surface area contributed by atoms with Gasteiger partial charge in [0.2, 0.25) is 0 Å². The summed E-state index contributed by atoms with van der Waals surface area (Å²) in [7, 11) is 0. The van der Waals surface area contributed by atoms with E-state index in [9.17, 15) is 0 Å². The first-order chi connectivity index (χ1) is 12.8. The molecular weight excluding hydrogens is 322 g/mol. The molecule has 0 unspecified atom stereocenters. The second-order valence-corrected chi connectivity index (χ2v) is 5.99. The topological polar surface area (TPSA) is 57.9 Å². The fourth-order valence-electron chi connectivity index (χ4n) is 2.63. The van der Waals surface area contributed by atoms with Crippen LogP contribution in [0.1, 0.15) is 22.3 Å². The molecule has 1 N–H and O–H groups in total. The van der Waals surface area contributed by atoms with Gasteiger partial charge in [-0.1, -0.05) is 30.3 Å². The van der Waals surface area contributed by atoms with Crippen molar-refractivity contribution in [3.05, 3.63) is 95.3 Å². The Hall–Kier alpha value is -3.16. The summed E-state index contributed by atoms with van der Waals surface area (Å²) in [4.78, 5) is 4.04. The summed E-state index contributed by atoms with van der Waals surface area (Å²) in [6.45, 7) is 2.14. The lowest BCUT2D eigenvalue weighted by molar-refractivity contribution is 0.302. The number of benzene rings is 2. The highest BCUT2D eigenvalue weighted by Crippen LogP contribution is 2.19. The molecule has 2 aromatic carbocycles. The molecule has 1 heterocycles. The lowest BCUT2D eigenvalue weighted by atomic mass is 10.1. The van der Waals surface area contributed by atoms with Gasteiger partial charge in [0, 0.05) is 24.5 Å². The van der Waals surface area contributed by atoms with Gasteiger partial charge in [-0.15, -0.1) is 0 Å². The minimum absolute atomic E-state index is 0.486. The van der Waals surface area contributed by atoms with E-state index in [1.165, 1.54) is 5.56 Å². The first-order valence-corrected chi connectivity index (χ1v) is 8.64. The number of nitriles is 1. The molecule has 3 rings (SSSR count). The fraction of sp³-hybridized carbons (Fsp3) is 0.182. The number of nitrogens with zero attached hydrogens (tertiary/aromatic N) is 2. The van der Waals surface area contributed by atoms with Crippen LogP contribution in [0.3, 0.4) is 0 Å². The monoisotopic (exact) mass is 343 g/mol. The zero-order chi connectivity index (χ0) is 18.0. The summed E-state index contributed by atoms with van der Waals surface area (Å²) in [5, 5.41) is 12.3. The van der Waals surface area contributed by atoms with Gasteiger partial charge in [-0.3, -0.25) is 4.98 Å². The molecule has 0 saturated heterocycles. The van der Waals surface area contributed by atoms with Crippen molar-refractivity contribution in [2.75, 3.05) is 6.54 Å². The maximum atomic E-state index is 8.86. The molecule has 0 aliphatic rings. The van der Waals surface area contributed by atoms with E-state index in [0.717, 1.165) is 36.4 Å². The number of para-hydroxylation sites is 1. The highest BCUT2D eigenvalue weighted by atomic mass is 16.5. The van der Waals surface area contributed by atoms with Gasteiger partial charge in [-0.2, -0.15) is 5.26 Å².